The summed E-state index contributed by atoms with van der Waals surface area (Å²) < 4.78 is 13.1. The maximum absolute atomic E-state index is 5.95. The second-order valence-electron chi connectivity index (χ2n) is 5.46. The van der Waals surface area contributed by atoms with Gasteiger partial charge in [0.2, 0.25) is 5.88 Å². The number of rotatable bonds is 5. The van der Waals surface area contributed by atoms with Gasteiger partial charge in [-0.1, -0.05) is 11.6 Å². The van der Waals surface area contributed by atoms with E-state index in [1.54, 1.807) is 10.9 Å². The van der Waals surface area contributed by atoms with Crippen LogP contribution in [-0.4, -0.2) is 26.4 Å². The quantitative estimate of drug-likeness (QED) is 0.514. The summed E-state index contributed by atoms with van der Waals surface area (Å²) in [6.07, 6.45) is 3.15. The van der Waals surface area contributed by atoms with E-state index in [2.05, 4.69) is 15.1 Å². The molecule has 0 aliphatic heterocycles. The molecule has 0 N–H and O–H groups in total. The zero-order valence-electron chi connectivity index (χ0n) is 14.0. The summed E-state index contributed by atoms with van der Waals surface area (Å²) in [6.45, 7) is 2.57. The van der Waals surface area contributed by atoms with E-state index in [1.165, 1.54) is 6.33 Å². The smallest absolute Gasteiger partial charge is 0.233 e. The van der Waals surface area contributed by atoms with Crippen LogP contribution in [0.5, 0.6) is 17.4 Å². The fourth-order valence-corrected chi connectivity index (χ4v) is 2.68. The minimum absolute atomic E-state index is 0.444. The number of halogens is 1. The van der Waals surface area contributed by atoms with Crippen LogP contribution in [0.25, 0.3) is 16.7 Å². The summed E-state index contributed by atoms with van der Waals surface area (Å²) in [5.74, 6) is 1.90. The molecule has 7 heteroatoms. The first-order valence-corrected chi connectivity index (χ1v) is 8.48. The fraction of sp³-hybridized carbons (Fsp3) is 0.105. The van der Waals surface area contributed by atoms with Crippen molar-refractivity contribution >= 4 is 22.6 Å². The summed E-state index contributed by atoms with van der Waals surface area (Å²) in [7, 11) is 0. The molecule has 26 heavy (non-hydrogen) atoms. The number of nitrogens with zero attached hydrogens (tertiary/aromatic N) is 4. The van der Waals surface area contributed by atoms with Crippen LogP contribution >= 0.6 is 11.6 Å². The van der Waals surface area contributed by atoms with Crippen LogP contribution in [0, 0.1) is 0 Å². The van der Waals surface area contributed by atoms with E-state index in [9.17, 15) is 0 Å². The lowest BCUT2D eigenvalue weighted by Crippen LogP contribution is -1.98. The zero-order valence-corrected chi connectivity index (χ0v) is 14.7. The molecule has 0 amide bonds. The van der Waals surface area contributed by atoms with Gasteiger partial charge in [0.1, 0.15) is 23.2 Å². The summed E-state index contributed by atoms with van der Waals surface area (Å²) in [6, 6.07) is 14.8. The van der Waals surface area contributed by atoms with Gasteiger partial charge in [-0.25, -0.2) is 14.6 Å². The number of hydrogen-bond donors (Lipinski definition) is 0. The van der Waals surface area contributed by atoms with E-state index in [1.807, 2.05) is 55.5 Å². The summed E-state index contributed by atoms with van der Waals surface area (Å²) in [5.41, 5.74) is 1.51. The normalized spacial score (nSPS) is 10.8. The van der Waals surface area contributed by atoms with Gasteiger partial charge in [-0.2, -0.15) is 5.10 Å². The number of aromatic nitrogens is 4. The third kappa shape index (κ3) is 3.19. The molecule has 0 atom stereocenters. The van der Waals surface area contributed by atoms with Gasteiger partial charge in [0.15, 0.2) is 5.65 Å². The largest absolute Gasteiger partial charge is 0.494 e. The molecule has 2 heterocycles. The first-order chi connectivity index (χ1) is 12.7. The lowest BCUT2D eigenvalue weighted by atomic mass is 10.3. The van der Waals surface area contributed by atoms with Crippen molar-refractivity contribution in [2.45, 2.75) is 6.92 Å². The van der Waals surface area contributed by atoms with Crippen molar-refractivity contribution in [3.05, 3.63) is 66.1 Å². The van der Waals surface area contributed by atoms with Crippen molar-refractivity contribution in [1.82, 2.24) is 19.7 Å². The minimum atomic E-state index is 0.444. The SMILES string of the molecule is CCOc1ccc(Oc2ncnc3c2cnn3-c2ccc(Cl)cc2)cc1. The highest BCUT2D eigenvalue weighted by molar-refractivity contribution is 6.30. The van der Waals surface area contributed by atoms with Gasteiger partial charge in [0, 0.05) is 5.02 Å². The third-order valence-corrected chi connectivity index (χ3v) is 4.00. The molecule has 0 aliphatic carbocycles. The van der Waals surface area contributed by atoms with Gasteiger partial charge in [-0.15, -0.1) is 0 Å². The molecule has 0 bridgehead atoms. The molecule has 2 aromatic heterocycles. The van der Waals surface area contributed by atoms with Gasteiger partial charge in [-0.3, -0.25) is 0 Å². The molecule has 130 valence electrons. The van der Waals surface area contributed by atoms with E-state index in [-0.39, 0.29) is 0 Å². The molecule has 0 aliphatic rings. The Bertz CT molecular complexity index is 1030. The average molecular weight is 367 g/mol. The molecule has 0 saturated carbocycles. The zero-order chi connectivity index (χ0) is 17.9. The average Bonchev–Trinajstić information content (AvgIpc) is 3.09. The summed E-state index contributed by atoms with van der Waals surface area (Å²) in [4.78, 5) is 8.58. The number of benzene rings is 2. The van der Waals surface area contributed by atoms with E-state index >= 15 is 0 Å². The van der Waals surface area contributed by atoms with Gasteiger partial charge in [0.05, 0.1) is 18.5 Å². The van der Waals surface area contributed by atoms with E-state index in [0.29, 0.717) is 28.9 Å². The van der Waals surface area contributed by atoms with E-state index in [0.717, 1.165) is 16.8 Å². The maximum atomic E-state index is 5.95. The number of hydrogen-bond acceptors (Lipinski definition) is 5. The van der Waals surface area contributed by atoms with Crippen LogP contribution < -0.4 is 9.47 Å². The molecule has 0 fully saturated rings. The van der Waals surface area contributed by atoms with E-state index < -0.39 is 0 Å². The highest BCUT2D eigenvalue weighted by Crippen LogP contribution is 2.28. The Kier molecular flexibility index (Phi) is 4.41. The van der Waals surface area contributed by atoms with Crippen molar-refractivity contribution in [1.29, 1.82) is 0 Å². The standard InChI is InChI=1S/C19H15ClN4O2/c1-2-25-15-7-9-16(10-8-15)26-19-17-11-23-24(18(17)21-12-22-19)14-5-3-13(20)4-6-14/h3-12H,2H2,1H3. The molecule has 2 aromatic carbocycles. The van der Waals surface area contributed by atoms with Crippen molar-refractivity contribution in [2.75, 3.05) is 6.61 Å². The first-order valence-electron chi connectivity index (χ1n) is 8.10. The Labute approximate surface area is 155 Å². The Morgan fingerprint density at radius 1 is 0.962 bits per heavy atom. The van der Waals surface area contributed by atoms with Crippen LogP contribution in [0.1, 0.15) is 6.92 Å². The third-order valence-electron chi connectivity index (χ3n) is 3.75. The van der Waals surface area contributed by atoms with E-state index in [4.69, 9.17) is 21.1 Å². The van der Waals surface area contributed by atoms with Crippen molar-refractivity contribution in [3.63, 3.8) is 0 Å². The second-order valence-corrected chi connectivity index (χ2v) is 5.89. The Hall–Kier alpha value is -3.12. The van der Waals surface area contributed by atoms with Crippen LogP contribution in [0.4, 0.5) is 0 Å². The Morgan fingerprint density at radius 3 is 2.42 bits per heavy atom. The Morgan fingerprint density at radius 2 is 1.69 bits per heavy atom. The molecular weight excluding hydrogens is 352 g/mol. The highest BCUT2D eigenvalue weighted by atomic mass is 35.5. The lowest BCUT2D eigenvalue weighted by molar-refractivity contribution is 0.339. The number of fused-ring (bicyclic) bond motifs is 1. The molecule has 0 spiro atoms. The topological polar surface area (TPSA) is 62.1 Å². The molecule has 0 unspecified atom stereocenters. The van der Waals surface area contributed by atoms with Crippen LogP contribution in [-0.2, 0) is 0 Å². The van der Waals surface area contributed by atoms with Crippen LogP contribution in [0.15, 0.2) is 61.1 Å². The summed E-state index contributed by atoms with van der Waals surface area (Å²) in [5, 5.41) is 5.79. The Balaban J connectivity index is 1.67. The second kappa shape index (κ2) is 7.01. The van der Waals surface area contributed by atoms with Gasteiger partial charge >= 0.3 is 0 Å². The molecule has 4 rings (SSSR count). The lowest BCUT2D eigenvalue weighted by Gasteiger charge is -2.07. The monoisotopic (exact) mass is 366 g/mol. The van der Waals surface area contributed by atoms with Gasteiger partial charge in [0.25, 0.3) is 0 Å². The highest BCUT2D eigenvalue weighted by Gasteiger charge is 2.13. The molecular formula is C19H15ClN4O2. The van der Waals surface area contributed by atoms with Gasteiger partial charge < -0.3 is 9.47 Å². The van der Waals surface area contributed by atoms with Crippen molar-refractivity contribution in [3.8, 4) is 23.1 Å². The first kappa shape index (κ1) is 16.4. The van der Waals surface area contributed by atoms with Crippen LogP contribution in [0.3, 0.4) is 0 Å². The predicted molar refractivity (Wildman–Crippen MR) is 99.4 cm³/mol. The predicted octanol–water partition coefficient (Wildman–Crippen LogP) is 4.66. The van der Waals surface area contributed by atoms with Crippen molar-refractivity contribution in [2.24, 2.45) is 0 Å². The molecule has 4 aromatic rings. The van der Waals surface area contributed by atoms with Crippen molar-refractivity contribution < 1.29 is 9.47 Å². The fourth-order valence-electron chi connectivity index (χ4n) is 2.56. The summed E-state index contributed by atoms with van der Waals surface area (Å²) >= 11 is 5.95. The minimum Gasteiger partial charge on any atom is -0.494 e. The van der Waals surface area contributed by atoms with Gasteiger partial charge in [-0.05, 0) is 55.5 Å². The molecule has 6 nitrogen and oxygen atoms in total. The van der Waals surface area contributed by atoms with Crippen LogP contribution in [0.2, 0.25) is 5.02 Å². The molecule has 0 saturated heterocycles. The maximum Gasteiger partial charge on any atom is 0.233 e. The number of ether oxygens (including phenoxy) is 2. The molecule has 0 radical (unpaired) electrons.